The lowest BCUT2D eigenvalue weighted by Gasteiger charge is -2.32. The van der Waals surface area contributed by atoms with Gasteiger partial charge in [-0.05, 0) is 0 Å². The van der Waals surface area contributed by atoms with Gasteiger partial charge in [-0.3, -0.25) is 5.01 Å². The van der Waals surface area contributed by atoms with Gasteiger partial charge in [0.05, 0.1) is 19.3 Å². The lowest BCUT2D eigenvalue weighted by molar-refractivity contribution is -0.0476. The average Bonchev–Trinajstić information content (AvgIpc) is 1.78. The van der Waals surface area contributed by atoms with E-state index >= 15 is 0 Å². The number of nitrogens with zero attached hydrogens (tertiary/aromatic N) is 2. The van der Waals surface area contributed by atoms with Crippen LogP contribution in [0.4, 0.5) is 0 Å². The molecule has 1 saturated heterocycles. The average molecular weight is 126 g/mol. The maximum Gasteiger partial charge on any atom is 0.0984 e. The molecule has 9 heavy (non-hydrogen) atoms. The summed E-state index contributed by atoms with van der Waals surface area (Å²) in [7, 11) is 0. The van der Waals surface area contributed by atoms with Crippen LogP contribution in [0.15, 0.2) is 17.9 Å². The molecule has 1 aliphatic heterocycles. The second kappa shape index (κ2) is 2.64. The van der Waals surface area contributed by atoms with Crippen molar-refractivity contribution in [1.82, 2.24) is 5.01 Å². The van der Waals surface area contributed by atoms with Gasteiger partial charge in [-0.15, -0.1) is 0 Å². The minimum atomic E-state index is 0.375. The highest BCUT2D eigenvalue weighted by molar-refractivity contribution is 5.23. The third-order valence-electron chi connectivity index (χ3n) is 1.34. The fourth-order valence-electron chi connectivity index (χ4n) is 0.698. The fraction of sp³-hybridized carbons (Fsp3) is 0.500. The number of ether oxygens (including phenoxy) is 1. The summed E-state index contributed by atoms with van der Waals surface area (Å²) in [6.45, 7) is 8.44. The lowest BCUT2D eigenvalue weighted by Crippen LogP contribution is -2.43. The molecule has 1 heterocycles. The summed E-state index contributed by atoms with van der Waals surface area (Å²) in [4.78, 5) is 0. The van der Waals surface area contributed by atoms with E-state index in [1.54, 1.807) is 11.2 Å². The first-order valence-electron chi connectivity index (χ1n) is 2.83. The van der Waals surface area contributed by atoms with Gasteiger partial charge in [0.1, 0.15) is 0 Å². The minimum absolute atomic E-state index is 0.375. The zero-order valence-corrected chi connectivity index (χ0v) is 5.29. The highest BCUT2D eigenvalue weighted by Gasteiger charge is 2.22. The predicted octanol–water partition coefficient (Wildman–Crippen LogP) is 0.446. The Bertz CT molecular complexity index is 112. The van der Waals surface area contributed by atoms with E-state index in [9.17, 15) is 0 Å². The highest BCUT2D eigenvalue weighted by Crippen LogP contribution is 2.09. The second-order valence-corrected chi connectivity index (χ2v) is 1.90. The van der Waals surface area contributed by atoms with Crippen molar-refractivity contribution in [3.8, 4) is 0 Å². The smallest absolute Gasteiger partial charge is 0.0984 e. The van der Waals surface area contributed by atoms with Gasteiger partial charge in [-0.1, -0.05) is 6.58 Å². The predicted molar refractivity (Wildman–Crippen MR) is 36.2 cm³/mol. The van der Waals surface area contributed by atoms with Gasteiger partial charge in [-0.25, -0.2) is 0 Å². The molecule has 50 valence electrons. The summed E-state index contributed by atoms with van der Waals surface area (Å²) in [5.74, 6) is 0. The van der Waals surface area contributed by atoms with E-state index in [-0.39, 0.29) is 0 Å². The summed E-state index contributed by atoms with van der Waals surface area (Å²) < 4.78 is 4.94. The lowest BCUT2D eigenvalue weighted by atomic mass is 10.2. The quantitative estimate of drug-likeness (QED) is 0.405. The van der Waals surface area contributed by atoms with Crippen molar-refractivity contribution in [2.24, 2.45) is 5.10 Å². The normalized spacial score (nSPS) is 18.2. The Morgan fingerprint density at radius 3 is 2.44 bits per heavy atom. The number of rotatable bonds is 3. The van der Waals surface area contributed by atoms with E-state index in [1.807, 2.05) is 0 Å². The SMILES string of the molecule is C=CN(N=C)C1COC1. The molecule has 0 saturated carbocycles. The van der Waals surface area contributed by atoms with Crippen LogP contribution in [0.3, 0.4) is 0 Å². The van der Waals surface area contributed by atoms with E-state index in [0.29, 0.717) is 6.04 Å². The first kappa shape index (κ1) is 6.29. The van der Waals surface area contributed by atoms with Crippen molar-refractivity contribution in [2.45, 2.75) is 6.04 Å². The van der Waals surface area contributed by atoms with Crippen LogP contribution in [-0.4, -0.2) is 31.0 Å². The van der Waals surface area contributed by atoms with Crippen LogP contribution in [0.25, 0.3) is 0 Å². The molecule has 0 aliphatic carbocycles. The van der Waals surface area contributed by atoms with Gasteiger partial charge >= 0.3 is 0 Å². The van der Waals surface area contributed by atoms with Crippen molar-refractivity contribution in [1.29, 1.82) is 0 Å². The second-order valence-electron chi connectivity index (χ2n) is 1.90. The first-order chi connectivity index (χ1) is 4.38. The van der Waals surface area contributed by atoms with E-state index in [0.717, 1.165) is 13.2 Å². The Hall–Kier alpha value is -0.830. The molecular weight excluding hydrogens is 116 g/mol. The van der Waals surface area contributed by atoms with Gasteiger partial charge in [0.15, 0.2) is 0 Å². The molecular formula is C6H10N2O. The number of hydrazone groups is 1. The van der Waals surface area contributed by atoms with Gasteiger partial charge < -0.3 is 4.74 Å². The molecule has 0 spiro atoms. The van der Waals surface area contributed by atoms with Crippen LogP contribution < -0.4 is 0 Å². The number of hydrogen-bond donors (Lipinski definition) is 0. The van der Waals surface area contributed by atoms with Crippen LogP contribution in [0, 0.1) is 0 Å². The van der Waals surface area contributed by atoms with Crippen LogP contribution >= 0.6 is 0 Å². The molecule has 0 bridgehead atoms. The van der Waals surface area contributed by atoms with E-state index in [4.69, 9.17) is 4.74 Å². The molecule has 0 aromatic rings. The number of hydrogen-bond acceptors (Lipinski definition) is 3. The summed E-state index contributed by atoms with van der Waals surface area (Å²) in [6, 6.07) is 0.375. The molecule has 1 rings (SSSR count). The molecule has 0 unspecified atom stereocenters. The standard InChI is InChI=1S/C6H10N2O/c1-3-8(7-2)6-4-9-5-6/h3,6H,1-2,4-5H2. The van der Waals surface area contributed by atoms with E-state index in [1.165, 1.54) is 0 Å². The van der Waals surface area contributed by atoms with Crippen molar-refractivity contribution in [3.05, 3.63) is 12.8 Å². The molecule has 0 aromatic heterocycles. The Kier molecular flexibility index (Phi) is 1.85. The Morgan fingerprint density at radius 1 is 1.67 bits per heavy atom. The molecule has 1 fully saturated rings. The van der Waals surface area contributed by atoms with Crippen LogP contribution in [0.2, 0.25) is 0 Å². The van der Waals surface area contributed by atoms with Gasteiger partial charge in [0, 0.05) is 12.9 Å². The van der Waals surface area contributed by atoms with Gasteiger partial charge in [-0.2, -0.15) is 5.10 Å². The monoisotopic (exact) mass is 126 g/mol. The highest BCUT2D eigenvalue weighted by atomic mass is 16.5. The molecule has 0 radical (unpaired) electrons. The third-order valence-corrected chi connectivity index (χ3v) is 1.34. The largest absolute Gasteiger partial charge is 0.377 e. The summed E-state index contributed by atoms with van der Waals surface area (Å²) in [5, 5.41) is 5.43. The van der Waals surface area contributed by atoms with Crippen LogP contribution in [-0.2, 0) is 4.74 Å². The van der Waals surface area contributed by atoms with Crippen molar-refractivity contribution < 1.29 is 4.74 Å². The molecule has 0 N–H and O–H groups in total. The van der Waals surface area contributed by atoms with Crippen molar-refractivity contribution >= 4 is 6.72 Å². The molecule has 3 nitrogen and oxygen atoms in total. The summed E-state index contributed by atoms with van der Waals surface area (Å²) >= 11 is 0. The zero-order chi connectivity index (χ0) is 6.69. The van der Waals surface area contributed by atoms with Gasteiger partial charge in [0.25, 0.3) is 0 Å². The topological polar surface area (TPSA) is 24.8 Å². The molecule has 0 atom stereocenters. The maximum atomic E-state index is 4.94. The van der Waals surface area contributed by atoms with Crippen LogP contribution in [0.5, 0.6) is 0 Å². The fourth-order valence-corrected chi connectivity index (χ4v) is 0.698. The molecule has 3 heteroatoms. The Morgan fingerprint density at radius 2 is 2.33 bits per heavy atom. The minimum Gasteiger partial charge on any atom is -0.377 e. The third kappa shape index (κ3) is 1.10. The Balaban J connectivity index is 2.35. The molecule has 0 amide bonds. The van der Waals surface area contributed by atoms with Crippen molar-refractivity contribution in [2.75, 3.05) is 13.2 Å². The zero-order valence-electron chi connectivity index (χ0n) is 5.29. The summed E-state index contributed by atoms with van der Waals surface area (Å²) in [5.41, 5.74) is 0. The van der Waals surface area contributed by atoms with Gasteiger partial charge in [0.2, 0.25) is 0 Å². The Labute approximate surface area is 54.6 Å². The first-order valence-corrected chi connectivity index (χ1v) is 2.83. The van der Waals surface area contributed by atoms with Crippen LogP contribution in [0.1, 0.15) is 0 Å². The van der Waals surface area contributed by atoms with E-state index < -0.39 is 0 Å². The summed E-state index contributed by atoms with van der Waals surface area (Å²) in [6.07, 6.45) is 1.65. The molecule has 0 aromatic carbocycles. The van der Waals surface area contributed by atoms with Crippen molar-refractivity contribution in [3.63, 3.8) is 0 Å². The molecule has 1 aliphatic rings. The van der Waals surface area contributed by atoms with E-state index in [2.05, 4.69) is 18.4 Å². The maximum absolute atomic E-state index is 4.94.